The Kier molecular flexibility index (Phi) is 5.69. The Morgan fingerprint density at radius 3 is 2.76 bits per heavy atom. The van der Waals surface area contributed by atoms with E-state index < -0.39 is 16.7 Å². The minimum atomic E-state index is -1.32. The molecule has 1 saturated heterocycles. The summed E-state index contributed by atoms with van der Waals surface area (Å²) in [5.74, 6) is 0.491. The molecule has 2 aliphatic rings. The first kappa shape index (κ1) is 22.3. The Labute approximate surface area is 201 Å². The minimum absolute atomic E-state index is 0.238. The number of hydrogen-bond acceptors (Lipinski definition) is 4. The highest BCUT2D eigenvalue weighted by Gasteiger charge is 2.59. The molecule has 1 atom stereocenters. The lowest BCUT2D eigenvalue weighted by Crippen LogP contribution is -2.51. The molecule has 3 amide bonds. The lowest BCUT2D eigenvalue weighted by molar-refractivity contribution is -0.123. The average molecular weight is 478 g/mol. The topological polar surface area (TPSA) is 61.9 Å². The SMILES string of the molecule is COc1cccc(NC(=O)N2CCS[C@]23C(=O)N(Cc2cccc(C)c2)c2ccc(F)cc23)c1. The third-order valence-electron chi connectivity index (χ3n) is 6.14. The van der Waals surface area contributed by atoms with Crippen LogP contribution in [0.5, 0.6) is 5.75 Å². The zero-order valence-electron chi connectivity index (χ0n) is 18.9. The second kappa shape index (κ2) is 8.68. The van der Waals surface area contributed by atoms with Gasteiger partial charge in [0.25, 0.3) is 5.91 Å². The second-order valence-corrected chi connectivity index (χ2v) is 9.64. The number of halogens is 1. The van der Waals surface area contributed by atoms with Crippen molar-refractivity contribution in [3.8, 4) is 5.75 Å². The smallest absolute Gasteiger partial charge is 0.323 e. The molecular weight excluding hydrogens is 453 g/mol. The van der Waals surface area contributed by atoms with Gasteiger partial charge >= 0.3 is 6.03 Å². The first-order valence-electron chi connectivity index (χ1n) is 11.0. The molecule has 2 heterocycles. The van der Waals surface area contributed by atoms with Crippen molar-refractivity contribution < 1.29 is 18.7 Å². The van der Waals surface area contributed by atoms with Gasteiger partial charge in [-0.05, 0) is 42.8 Å². The Hall–Kier alpha value is -3.52. The summed E-state index contributed by atoms with van der Waals surface area (Å²) in [6.07, 6.45) is 0. The van der Waals surface area contributed by atoms with Gasteiger partial charge in [0.15, 0.2) is 4.87 Å². The molecule has 3 aromatic rings. The maximum absolute atomic E-state index is 14.4. The van der Waals surface area contributed by atoms with Crippen LogP contribution in [0.15, 0.2) is 66.7 Å². The number of thioether (sulfide) groups is 1. The highest BCUT2D eigenvalue weighted by molar-refractivity contribution is 8.01. The number of hydrogen-bond donors (Lipinski definition) is 1. The molecule has 174 valence electrons. The van der Waals surface area contributed by atoms with Crippen molar-refractivity contribution in [1.82, 2.24) is 4.90 Å². The van der Waals surface area contributed by atoms with E-state index >= 15 is 0 Å². The van der Waals surface area contributed by atoms with E-state index in [2.05, 4.69) is 5.32 Å². The largest absolute Gasteiger partial charge is 0.497 e. The van der Waals surface area contributed by atoms with E-state index in [1.807, 2.05) is 31.2 Å². The van der Waals surface area contributed by atoms with Crippen LogP contribution in [-0.2, 0) is 16.2 Å². The van der Waals surface area contributed by atoms with Gasteiger partial charge in [-0.25, -0.2) is 9.18 Å². The number of nitrogens with one attached hydrogen (secondary N) is 1. The summed E-state index contributed by atoms with van der Waals surface area (Å²) in [7, 11) is 1.55. The van der Waals surface area contributed by atoms with Gasteiger partial charge in [-0.3, -0.25) is 9.69 Å². The van der Waals surface area contributed by atoms with Crippen molar-refractivity contribution in [3.63, 3.8) is 0 Å². The van der Waals surface area contributed by atoms with Crippen LogP contribution in [0, 0.1) is 12.7 Å². The van der Waals surface area contributed by atoms with Gasteiger partial charge in [-0.2, -0.15) is 0 Å². The minimum Gasteiger partial charge on any atom is -0.497 e. The number of amides is 3. The van der Waals surface area contributed by atoms with Gasteiger partial charge in [0.05, 0.1) is 19.3 Å². The van der Waals surface area contributed by atoms with E-state index in [-0.39, 0.29) is 5.91 Å². The van der Waals surface area contributed by atoms with Crippen molar-refractivity contribution >= 4 is 35.1 Å². The van der Waals surface area contributed by atoms with Gasteiger partial charge in [0.2, 0.25) is 0 Å². The number of urea groups is 1. The maximum atomic E-state index is 14.4. The van der Waals surface area contributed by atoms with E-state index in [1.165, 1.54) is 28.8 Å². The fraction of sp³-hybridized carbons (Fsp3) is 0.231. The summed E-state index contributed by atoms with van der Waals surface area (Å²) in [6, 6.07) is 18.9. The number of nitrogens with zero attached hydrogens (tertiary/aromatic N) is 2. The third kappa shape index (κ3) is 3.68. The van der Waals surface area contributed by atoms with Crippen molar-refractivity contribution in [1.29, 1.82) is 0 Å². The quantitative estimate of drug-likeness (QED) is 0.566. The highest BCUT2D eigenvalue weighted by Crippen LogP contribution is 2.54. The van der Waals surface area contributed by atoms with Crippen LogP contribution in [-0.4, -0.2) is 36.2 Å². The van der Waals surface area contributed by atoms with Crippen molar-refractivity contribution in [2.75, 3.05) is 29.6 Å². The predicted octanol–water partition coefficient (Wildman–Crippen LogP) is 5.12. The van der Waals surface area contributed by atoms with Gasteiger partial charge in [0.1, 0.15) is 11.6 Å². The Bertz CT molecular complexity index is 1280. The second-order valence-electron chi connectivity index (χ2n) is 8.35. The van der Waals surface area contributed by atoms with Crippen LogP contribution in [0.4, 0.5) is 20.6 Å². The van der Waals surface area contributed by atoms with Gasteiger partial charge in [0, 0.05) is 29.6 Å². The van der Waals surface area contributed by atoms with Gasteiger partial charge in [-0.1, -0.05) is 35.9 Å². The molecule has 2 aliphatic heterocycles. The van der Waals surface area contributed by atoms with Crippen LogP contribution in [0.2, 0.25) is 0 Å². The van der Waals surface area contributed by atoms with Crippen molar-refractivity contribution in [2.24, 2.45) is 0 Å². The molecule has 1 fully saturated rings. The summed E-state index contributed by atoms with van der Waals surface area (Å²) < 4.78 is 19.7. The van der Waals surface area contributed by atoms with E-state index in [9.17, 15) is 14.0 Å². The van der Waals surface area contributed by atoms with E-state index in [4.69, 9.17) is 4.74 Å². The molecule has 6 nitrogen and oxygen atoms in total. The fourth-order valence-corrected chi connectivity index (χ4v) is 6.08. The standard InChI is InChI=1S/C26H24FN3O3S/c1-17-5-3-6-18(13-17)16-29-23-10-9-19(27)14-22(23)26(24(29)31)30(11-12-34-26)25(32)28-20-7-4-8-21(15-20)33-2/h3-10,13-15H,11-12,16H2,1-2H3,(H,28,32)/t26-/m1/s1. The van der Waals surface area contributed by atoms with Crippen LogP contribution < -0.4 is 15.0 Å². The van der Waals surface area contributed by atoms with E-state index in [0.29, 0.717) is 41.5 Å². The molecule has 0 saturated carbocycles. The highest BCUT2D eigenvalue weighted by atomic mass is 32.2. The molecule has 1 N–H and O–H groups in total. The molecule has 34 heavy (non-hydrogen) atoms. The number of ether oxygens (including phenoxy) is 1. The van der Waals surface area contributed by atoms with Gasteiger partial charge < -0.3 is 15.0 Å². The number of carbonyl (C=O) groups excluding carboxylic acids is 2. The maximum Gasteiger partial charge on any atom is 0.323 e. The summed E-state index contributed by atoms with van der Waals surface area (Å²) in [5, 5.41) is 2.88. The number of fused-ring (bicyclic) bond motifs is 2. The zero-order valence-corrected chi connectivity index (χ0v) is 19.7. The third-order valence-corrected chi connectivity index (χ3v) is 7.56. The molecular formula is C26H24FN3O3S. The number of anilines is 2. The summed E-state index contributed by atoms with van der Waals surface area (Å²) in [6.45, 7) is 2.70. The normalized spacial score (nSPS) is 19.0. The molecule has 8 heteroatoms. The molecule has 0 bridgehead atoms. The Morgan fingerprint density at radius 2 is 1.97 bits per heavy atom. The summed E-state index contributed by atoms with van der Waals surface area (Å²) in [4.78, 5) is 29.3. The zero-order chi connectivity index (χ0) is 23.9. The fourth-order valence-electron chi connectivity index (χ4n) is 4.63. The molecule has 0 unspecified atom stereocenters. The van der Waals surface area contributed by atoms with Crippen LogP contribution in [0.3, 0.4) is 0 Å². The number of methoxy groups -OCH3 is 1. The van der Waals surface area contributed by atoms with Crippen molar-refractivity contribution in [2.45, 2.75) is 18.3 Å². The monoisotopic (exact) mass is 477 g/mol. The summed E-state index contributed by atoms with van der Waals surface area (Å²) in [5.41, 5.74) is 3.75. The van der Waals surface area contributed by atoms with E-state index in [0.717, 1.165) is 11.1 Å². The number of carbonyl (C=O) groups is 2. The molecule has 0 aliphatic carbocycles. The number of aryl methyl sites for hydroxylation is 1. The number of benzene rings is 3. The Balaban J connectivity index is 1.52. The average Bonchev–Trinajstić information content (AvgIpc) is 3.36. The van der Waals surface area contributed by atoms with Crippen LogP contribution in [0.25, 0.3) is 0 Å². The lowest BCUT2D eigenvalue weighted by Gasteiger charge is -2.33. The first-order chi connectivity index (χ1) is 16.4. The van der Waals surface area contributed by atoms with Gasteiger partial charge in [-0.15, -0.1) is 11.8 Å². The Morgan fingerprint density at radius 1 is 1.15 bits per heavy atom. The van der Waals surface area contributed by atoms with Crippen LogP contribution in [0.1, 0.15) is 16.7 Å². The van der Waals surface area contributed by atoms with E-state index in [1.54, 1.807) is 42.3 Å². The molecule has 0 aromatic heterocycles. The molecule has 3 aromatic carbocycles. The first-order valence-corrected chi connectivity index (χ1v) is 11.9. The van der Waals surface area contributed by atoms with Crippen LogP contribution >= 0.6 is 11.8 Å². The van der Waals surface area contributed by atoms with Crippen molar-refractivity contribution in [3.05, 3.63) is 89.2 Å². The molecule has 1 spiro atoms. The predicted molar refractivity (Wildman–Crippen MR) is 132 cm³/mol. The summed E-state index contributed by atoms with van der Waals surface area (Å²) >= 11 is 1.37. The molecule has 0 radical (unpaired) electrons. The number of rotatable bonds is 4. The molecule has 5 rings (SSSR count). The lowest BCUT2D eigenvalue weighted by atomic mass is 10.1.